The average molecular weight is 414 g/mol. The molecule has 29 heavy (non-hydrogen) atoms. The Hall–Kier alpha value is -2.48. The van der Waals surface area contributed by atoms with Gasteiger partial charge in [-0.3, -0.25) is 4.68 Å². The van der Waals surface area contributed by atoms with E-state index < -0.39 is 0 Å². The molecule has 0 bridgehead atoms. The lowest BCUT2D eigenvalue weighted by atomic mass is 9.91. The number of aromatic nitrogens is 4. The first-order valence-corrected chi connectivity index (χ1v) is 11.1. The summed E-state index contributed by atoms with van der Waals surface area (Å²) in [6.45, 7) is 10.9. The van der Waals surface area contributed by atoms with Crippen molar-refractivity contribution < 1.29 is 9.53 Å². The third kappa shape index (κ3) is 3.73. The first kappa shape index (κ1) is 19.8. The predicted molar refractivity (Wildman–Crippen MR) is 115 cm³/mol. The maximum atomic E-state index is 12.4. The minimum atomic E-state index is -0.275. The quantitative estimate of drug-likeness (QED) is 0.587. The van der Waals surface area contributed by atoms with Crippen molar-refractivity contribution in [3.63, 3.8) is 0 Å². The predicted octanol–water partition coefficient (Wildman–Crippen LogP) is 4.09. The molecule has 0 atom stereocenters. The monoisotopic (exact) mass is 413 g/mol. The van der Waals surface area contributed by atoms with Crippen molar-refractivity contribution in [2.75, 3.05) is 24.6 Å². The van der Waals surface area contributed by atoms with E-state index in [1.807, 2.05) is 31.6 Å². The zero-order valence-corrected chi connectivity index (χ0v) is 18.3. The highest BCUT2D eigenvalue weighted by atomic mass is 32.1. The Kier molecular flexibility index (Phi) is 5.54. The molecule has 1 fully saturated rings. The molecular formula is C21H27N5O2S. The van der Waals surface area contributed by atoms with Gasteiger partial charge in [-0.1, -0.05) is 0 Å². The summed E-state index contributed by atoms with van der Waals surface area (Å²) in [5, 5.41) is 5.41. The number of thiophene rings is 1. The maximum Gasteiger partial charge on any atom is 0.348 e. The molecule has 1 saturated heterocycles. The fraction of sp³-hybridized carbons (Fsp3) is 0.524. The number of ether oxygens (including phenoxy) is 1. The minimum absolute atomic E-state index is 0.275. The van der Waals surface area contributed by atoms with Gasteiger partial charge in [0.05, 0.1) is 18.2 Å². The molecule has 1 aliphatic rings. The van der Waals surface area contributed by atoms with E-state index >= 15 is 0 Å². The van der Waals surface area contributed by atoms with Gasteiger partial charge in [-0.05, 0) is 57.6 Å². The second-order valence-electron chi connectivity index (χ2n) is 7.44. The van der Waals surface area contributed by atoms with E-state index in [9.17, 15) is 4.79 Å². The molecule has 0 aromatic carbocycles. The standard InChI is InChI=1S/C21H27N5O2S/c1-5-26-12-16(11-22-26)15-7-9-25(10-8-15)19-17-13(3)18(21(27)28-6-2)29-20(17)24-14(4)23-19/h11-12,15H,5-10H2,1-4H3. The summed E-state index contributed by atoms with van der Waals surface area (Å²) < 4.78 is 7.22. The van der Waals surface area contributed by atoms with Crippen molar-refractivity contribution in [3.8, 4) is 0 Å². The number of fused-ring (bicyclic) bond motifs is 1. The van der Waals surface area contributed by atoms with Crippen molar-refractivity contribution >= 4 is 33.3 Å². The third-order valence-corrected chi connectivity index (χ3v) is 6.75. The number of esters is 1. The summed E-state index contributed by atoms with van der Waals surface area (Å²) in [5.41, 5.74) is 2.25. The Bertz CT molecular complexity index is 1030. The van der Waals surface area contributed by atoms with Crippen LogP contribution in [0.2, 0.25) is 0 Å². The highest BCUT2D eigenvalue weighted by molar-refractivity contribution is 7.20. The van der Waals surface area contributed by atoms with Gasteiger partial charge in [0.25, 0.3) is 0 Å². The van der Waals surface area contributed by atoms with Crippen LogP contribution in [0.5, 0.6) is 0 Å². The summed E-state index contributed by atoms with van der Waals surface area (Å²) >= 11 is 1.40. The number of carbonyl (C=O) groups excluding carboxylic acids is 1. The van der Waals surface area contributed by atoms with Crippen LogP contribution >= 0.6 is 11.3 Å². The highest BCUT2D eigenvalue weighted by Crippen LogP contribution is 2.38. The summed E-state index contributed by atoms with van der Waals surface area (Å²) in [5.74, 6) is 1.93. The van der Waals surface area contributed by atoms with Crippen LogP contribution in [0.25, 0.3) is 10.2 Å². The second kappa shape index (κ2) is 8.10. The summed E-state index contributed by atoms with van der Waals surface area (Å²) in [7, 11) is 0. The van der Waals surface area contributed by atoms with Crippen LogP contribution in [0.1, 0.15) is 59.2 Å². The fourth-order valence-electron chi connectivity index (χ4n) is 4.03. The summed E-state index contributed by atoms with van der Waals surface area (Å²) in [4.78, 5) is 25.5. The summed E-state index contributed by atoms with van der Waals surface area (Å²) in [6, 6.07) is 0. The van der Waals surface area contributed by atoms with Crippen LogP contribution in [0.3, 0.4) is 0 Å². The molecule has 0 aliphatic carbocycles. The average Bonchev–Trinajstić information content (AvgIpc) is 3.32. The molecule has 0 spiro atoms. The molecule has 0 amide bonds. The van der Waals surface area contributed by atoms with E-state index in [0.717, 1.165) is 59.9 Å². The van der Waals surface area contributed by atoms with Gasteiger partial charge in [-0.15, -0.1) is 11.3 Å². The lowest BCUT2D eigenvalue weighted by Gasteiger charge is -2.33. The van der Waals surface area contributed by atoms with Crippen molar-refractivity contribution in [1.82, 2.24) is 19.7 Å². The molecule has 4 heterocycles. The molecule has 4 rings (SSSR count). The van der Waals surface area contributed by atoms with Crippen molar-refractivity contribution in [2.45, 2.75) is 53.0 Å². The van der Waals surface area contributed by atoms with Crippen molar-refractivity contribution in [3.05, 3.63) is 34.2 Å². The van der Waals surface area contributed by atoms with Gasteiger partial charge in [0.2, 0.25) is 0 Å². The van der Waals surface area contributed by atoms with Gasteiger partial charge in [0.1, 0.15) is 21.3 Å². The lowest BCUT2D eigenvalue weighted by molar-refractivity contribution is 0.0531. The first-order chi connectivity index (χ1) is 14.0. The molecule has 0 unspecified atom stereocenters. The molecule has 0 saturated carbocycles. The highest BCUT2D eigenvalue weighted by Gasteiger charge is 2.27. The number of anilines is 1. The lowest BCUT2D eigenvalue weighted by Crippen LogP contribution is -2.33. The van der Waals surface area contributed by atoms with E-state index in [2.05, 4.69) is 28.1 Å². The van der Waals surface area contributed by atoms with Crippen LogP contribution in [0, 0.1) is 13.8 Å². The normalized spacial score (nSPS) is 15.2. The van der Waals surface area contributed by atoms with E-state index in [1.165, 1.54) is 16.9 Å². The summed E-state index contributed by atoms with van der Waals surface area (Å²) in [6.07, 6.45) is 6.30. The maximum absolute atomic E-state index is 12.4. The van der Waals surface area contributed by atoms with Gasteiger partial charge in [-0.2, -0.15) is 5.10 Å². The first-order valence-electron chi connectivity index (χ1n) is 10.2. The molecule has 0 radical (unpaired) electrons. The van der Waals surface area contributed by atoms with E-state index in [1.54, 1.807) is 0 Å². The Morgan fingerprint density at radius 3 is 2.66 bits per heavy atom. The van der Waals surface area contributed by atoms with Gasteiger partial charge in [0.15, 0.2) is 0 Å². The number of rotatable bonds is 5. The molecule has 3 aromatic heterocycles. The number of aryl methyl sites for hydroxylation is 3. The Morgan fingerprint density at radius 2 is 2.00 bits per heavy atom. The van der Waals surface area contributed by atoms with Crippen LogP contribution in [-0.4, -0.2) is 45.4 Å². The smallest absolute Gasteiger partial charge is 0.348 e. The molecule has 3 aromatic rings. The molecule has 7 nitrogen and oxygen atoms in total. The Labute approximate surface area is 174 Å². The number of carbonyl (C=O) groups is 1. The van der Waals surface area contributed by atoms with E-state index in [-0.39, 0.29) is 5.97 Å². The number of nitrogens with zero attached hydrogens (tertiary/aromatic N) is 5. The zero-order chi connectivity index (χ0) is 20.5. The fourth-order valence-corrected chi connectivity index (χ4v) is 5.14. The van der Waals surface area contributed by atoms with Gasteiger partial charge < -0.3 is 9.64 Å². The Balaban J connectivity index is 1.61. The van der Waals surface area contributed by atoms with E-state index in [0.29, 0.717) is 17.4 Å². The SMILES string of the molecule is CCOC(=O)c1sc2nc(C)nc(N3CCC(c4cnn(CC)c4)CC3)c2c1C. The van der Waals surface area contributed by atoms with E-state index in [4.69, 9.17) is 9.72 Å². The largest absolute Gasteiger partial charge is 0.462 e. The topological polar surface area (TPSA) is 73.1 Å². The minimum Gasteiger partial charge on any atom is -0.462 e. The second-order valence-corrected chi connectivity index (χ2v) is 8.44. The zero-order valence-electron chi connectivity index (χ0n) is 17.4. The molecule has 8 heteroatoms. The number of piperidine rings is 1. The van der Waals surface area contributed by atoms with Crippen LogP contribution in [0.15, 0.2) is 12.4 Å². The molecule has 0 N–H and O–H groups in total. The molecule has 1 aliphatic heterocycles. The number of hydrogen-bond acceptors (Lipinski definition) is 7. The third-order valence-electron chi connectivity index (χ3n) is 5.59. The van der Waals surface area contributed by atoms with Crippen LogP contribution < -0.4 is 4.90 Å². The van der Waals surface area contributed by atoms with Crippen LogP contribution in [-0.2, 0) is 11.3 Å². The van der Waals surface area contributed by atoms with Crippen molar-refractivity contribution in [1.29, 1.82) is 0 Å². The van der Waals surface area contributed by atoms with Gasteiger partial charge >= 0.3 is 5.97 Å². The number of hydrogen-bond donors (Lipinski definition) is 0. The Morgan fingerprint density at radius 1 is 1.24 bits per heavy atom. The molecule has 154 valence electrons. The van der Waals surface area contributed by atoms with Crippen molar-refractivity contribution in [2.24, 2.45) is 0 Å². The van der Waals surface area contributed by atoms with Gasteiger partial charge in [0, 0.05) is 25.8 Å². The van der Waals surface area contributed by atoms with Gasteiger partial charge in [-0.25, -0.2) is 14.8 Å². The van der Waals surface area contributed by atoms with Crippen LogP contribution in [0.4, 0.5) is 5.82 Å². The molecular weight excluding hydrogens is 386 g/mol.